The highest BCUT2D eigenvalue weighted by molar-refractivity contribution is 5.79. The molecule has 3 rings (SSSR count). The molecule has 0 atom stereocenters. The zero-order chi connectivity index (χ0) is 13.2. The van der Waals surface area contributed by atoms with Crippen molar-refractivity contribution >= 4 is 16.9 Å². The molecule has 0 saturated carbocycles. The summed E-state index contributed by atoms with van der Waals surface area (Å²) in [5, 5.41) is 11.5. The molecule has 0 aliphatic carbocycles. The lowest BCUT2D eigenvalue weighted by molar-refractivity contribution is 0.928. The fraction of sp³-hybridized carbons (Fsp3) is 0.214. The van der Waals surface area contributed by atoms with Crippen LogP contribution in [0, 0.1) is 0 Å². The number of rotatable bonds is 3. The van der Waals surface area contributed by atoms with Crippen molar-refractivity contribution in [3.63, 3.8) is 0 Å². The third kappa shape index (κ3) is 2.03. The fourth-order valence-corrected chi connectivity index (χ4v) is 2.10. The van der Waals surface area contributed by atoms with Gasteiger partial charge in [0.05, 0.1) is 11.0 Å². The van der Waals surface area contributed by atoms with Crippen molar-refractivity contribution in [2.24, 2.45) is 7.05 Å². The van der Waals surface area contributed by atoms with Gasteiger partial charge in [0, 0.05) is 13.6 Å². The molecular weight excluding hydrogens is 238 g/mol. The van der Waals surface area contributed by atoms with Crippen molar-refractivity contribution in [2.45, 2.75) is 6.92 Å². The summed E-state index contributed by atoms with van der Waals surface area (Å²) < 4.78 is 2.03. The summed E-state index contributed by atoms with van der Waals surface area (Å²) in [4.78, 5) is 4.60. The first kappa shape index (κ1) is 11.6. The number of hydrogen-bond acceptors (Lipinski definition) is 4. The molecule has 0 unspecified atom stereocenters. The van der Waals surface area contributed by atoms with E-state index in [4.69, 9.17) is 0 Å². The van der Waals surface area contributed by atoms with Crippen LogP contribution in [-0.2, 0) is 7.05 Å². The molecule has 5 nitrogen and oxygen atoms in total. The van der Waals surface area contributed by atoms with E-state index in [1.807, 2.05) is 54.9 Å². The second kappa shape index (κ2) is 4.68. The zero-order valence-corrected chi connectivity index (χ0v) is 11.0. The standard InChI is InChI=1S/C14H15N5/c1-3-15-13-9-8-11(17-18-13)14-16-10-6-4-5-7-12(10)19(14)2/h4-9H,3H2,1-2H3,(H,15,18). The van der Waals surface area contributed by atoms with Crippen molar-refractivity contribution in [3.05, 3.63) is 36.4 Å². The molecule has 2 aromatic heterocycles. The van der Waals surface area contributed by atoms with E-state index < -0.39 is 0 Å². The zero-order valence-electron chi connectivity index (χ0n) is 11.0. The van der Waals surface area contributed by atoms with Crippen LogP contribution in [0.2, 0.25) is 0 Å². The Kier molecular flexibility index (Phi) is 2.87. The lowest BCUT2D eigenvalue weighted by Gasteiger charge is -2.03. The molecule has 96 valence electrons. The maximum atomic E-state index is 4.60. The Hall–Kier alpha value is -2.43. The number of para-hydroxylation sites is 2. The van der Waals surface area contributed by atoms with Gasteiger partial charge in [-0.1, -0.05) is 12.1 Å². The first-order valence-corrected chi connectivity index (χ1v) is 6.29. The van der Waals surface area contributed by atoms with Crippen molar-refractivity contribution in [2.75, 3.05) is 11.9 Å². The maximum absolute atomic E-state index is 4.60. The number of aryl methyl sites for hydroxylation is 1. The Morgan fingerprint density at radius 3 is 2.63 bits per heavy atom. The quantitative estimate of drug-likeness (QED) is 0.779. The fourth-order valence-electron chi connectivity index (χ4n) is 2.10. The molecule has 0 spiro atoms. The van der Waals surface area contributed by atoms with Gasteiger partial charge in [-0.2, -0.15) is 0 Å². The maximum Gasteiger partial charge on any atom is 0.161 e. The molecule has 0 fully saturated rings. The van der Waals surface area contributed by atoms with Gasteiger partial charge in [-0.3, -0.25) is 0 Å². The average molecular weight is 253 g/mol. The van der Waals surface area contributed by atoms with Crippen molar-refractivity contribution < 1.29 is 0 Å². The molecule has 0 bridgehead atoms. The topological polar surface area (TPSA) is 55.6 Å². The first-order valence-electron chi connectivity index (χ1n) is 6.29. The van der Waals surface area contributed by atoms with Crippen LogP contribution in [0.5, 0.6) is 0 Å². The molecule has 0 aliphatic rings. The van der Waals surface area contributed by atoms with Crippen molar-refractivity contribution in [3.8, 4) is 11.5 Å². The minimum atomic E-state index is 0.778. The van der Waals surface area contributed by atoms with E-state index in [0.717, 1.165) is 34.9 Å². The summed E-state index contributed by atoms with van der Waals surface area (Å²) in [5.74, 6) is 1.61. The van der Waals surface area contributed by atoms with E-state index in [1.54, 1.807) is 0 Å². The van der Waals surface area contributed by atoms with Crippen LogP contribution in [0.3, 0.4) is 0 Å². The second-order valence-electron chi connectivity index (χ2n) is 4.32. The predicted octanol–water partition coefficient (Wildman–Crippen LogP) is 2.46. The molecule has 5 heteroatoms. The molecule has 1 aromatic carbocycles. The Bertz CT molecular complexity index is 699. The predicted molar refractivity (Wildman–Crippen MR) is 75.9 cm³/mol. The van der Waals surface area contributed by atoms with Gasteiger partial charge in [-0.25, -0.2) is 4.98 Å². The number of nitrogens with zero attached hydrogens (tertiary/aromatic N) is 4. The van der Waals surface area contributed by atoms with Crippen LogP contribution in [0.4, 0.5) is 5.82 Å². The van der Waals surface area contributed by atoms with Gasteiger partial charge < -0.3 is 9.88 Å². The minimum absolute atomic E-state index is 0.778. The number of imidazole rings is 1. The molecule has 0 amide bonds. The third-order valence-electron chi connectivity index (χ3n) is 3.04. The number of aromatic nitrogens is 4. The van der Waals surface area contributed by atoms with E-state index in [9.17, 15) is 0 Å². The summed E-state index contributed by atoms with van der Waals surface area (Å²) in [6, 6.07) is 11.9. The van der Waals surface area contributed by atoms with Gasteiger partial charge in [-0.05, 0) is 31.2 Å². The molecule has 0 aliphatic heterocycles. The van der Waals surface area contributed by atoms with Crippen LogP contribution >= 0.6 is 0 Å². The number of benzene rings is 1. The molecule has 0 radical (unpaired) electrons. The average Bonchev–Trinajstić information content (AvgIpc) is 2.78. The van der Waals surface area contributed by atoms with E-state index in [0.29, 0.717) is 0 Å². The van der Waals surface area contributed by atoms with E-state index in [1.165, 1.54) is 0 Å². The van der Waals surface area contributed by atoms with Gasteiger partial charge in [0.15, 0.2) is 5.82 Å². The van der Waals surface area contributed by atoms with Gasteiger partial charge >= 0.3 is 0 Å². The summed E-state index contributed by atoms with van der Waals surface area (Å²) in [6.45, 7) is 2.86. The minimum Gasteiger partial charge on any atom is -0.369 e. The Morgan fingerprint density at radius 1 is 1.11 bits per heavy atom. The smallest absolute Gasteiger partial charge is 0.161 e. The normalized spacial score (nSPS) is 10.8. The monoisotopic (exact) mass is 253 g/mol. The van der Waals surface area contributed by atoms with E-state index >= 15 is 0 Å². The van der Waals surface area contributed by atoms with E-state index in [-0.39, 0.29) is 0 Å². The summed E-state index contributed by atoms with van der Waals surface area (Å²) in [6.07, 6.45) is 0. The highest BCUT2D eigenvalue weighted by Crippen LogP contribution is 2.21. The number of anilines is 1. The summed E-state index contributed by atoms with van der Waals surface area (Å²) in [5.41, 5.74) is 2.84. The van der Waals surface area contributed by atoms with Gasteiger partial charge in [-0.15, -0.1) is 10.2 Å². The van der Waals surface area contributed by atoms with Crippen LogP contribution in [0.25, 0.3) is 22.6 Å². The molecular formula is C14H15N5. The van der Waals surface area contributed by atoms with E-state index in [2.05, 4.69) is 20.5 Å². The molecule has 2 heterocycles. The Labute approximate surface area is 111 Å². The molecule has 3 aromatic rings. The number of hydrogen-bond donors (Lipinski definition) is 1. The lowest BCUT2D eigenvalue weighted by Crippen LogP contribution is -2.02. The highest BCUT2D eigenvalue weighted by atomic mass is 15.2. The van der Waals surface area contributed by atoms with Crippen molar-refractivity contribution in [1.82, 2.24) is 19.7 Å². The second-order valence-corrected chi connectivity index (χ2v) is 4.32. The Morgan fingerprint density at radius 2 is 1.95 bits per heavy atom. The van der Waals surface area contributed by atoms with Crippen molar-refractivity contribution in [1.29, 1.82) is 0 Å². The molecule has 0 saturated heterocycles. The van der Waals surface area contributed by atoms with Crippen LogP contribution in [0.15, 0.2) is 36.4 Å². The van der Waals surface area contributed by atoms with Gasteiger partial charge in [0.25, 0.3) is 0 Å². The van der Waals surface area contributed by atoms with Crippen LogP contribution in [0.1, 0.15) is 6.92 Å². The first-order chi connectivity index (χ1) is 9.29. The summed E-state index contributed by atoms with van der Waals surface area (Å²) >= 11 is 0. The SMILES string of the molecule is CCNc1ccc(-c2nc3ccccc3n2C)nn1. The van der Waals surface area contributed by atoms with Gasteiger partial charge in [0.2, 0.25) is 0 Å². The summed E-state index contributed by atoms with van der Waals surface area (Å²) in [7, 11) is 1.99. The number of nitrogens with one attached hydrogen (secondary N) is 1. The molecule has 1 N–H and O–H groups in total. The number of fused-ring (bicyclic) bond motifs is 1. The highest BCUT2D eigenvalue weighted by Gasteiger charge is 2.10. The lowest BCUT2D eigenvalue weighted by atomic mass is 10.3. The van der Waals surface area contributed by atoms with Crippen LogP contribution in [-0.4, -0.2) is 26.3 Å². The Balaban J connectivity index is 2.06. The van der Waals surface area contributed by atoms with Gasteiger partial charge in [0.1, 0.15) is 11.5 Å². The third-order valence-corrected chi connectivity index (χ3v) is 3.04. The largest absolute Gasteiger partial charge is 0.369 e. The van der Waals surface area contributed by atoms with Crippen LogP contribution < -0.4 is 5.32 Å². The molecule has 19 heavy (non-hydrogen) atoms.